The molecule has 0 aromatic heterocycles. The van der Waals surface area contributed by atoms with Crippen LogP contribution in [0, 0.1) is 5.92 Å². The molecule has 0 saturated carbocycles. The minimum atomic E-state index is -3.48. The minimum Gasteiger partial charge on any atom is -0.481 e. The number of carboxylic acid groups (broad SMARTS) is 1. The average molecular weight is 264 g/mol. The molecule has 0 radical (unpaired) electrons. The van der Waals surface area contributed by atoms with Gasteiger partial charge in [0, 0.05) is 12.6 Å². The van der Waals surface area contributed by atoms with Crippen molar-refractivity contribution < 1.29 is 18.3 Å². The van der Waals surface area contributed by atoms with E-state index in [2.05, 4.69) is 9.62 Å². The summed E-state index contributed by atoms with van der Waals surface area (Å²) in [6.45, 7) is 3.71. The normalized spacial score (nSPS) is 26.9. The summed E-state index contributed by atoms with van der Waals surface area (Å²) >= 11 is 0. The number of likely N-dealkylation sites (tertiary alicyclic amines) is 1. The Kier molecular flexibility index (Phi) is 4.91. The predicted octanol–water partition coefficient (Wildman–Crippen LogP) is -0.279. The summed E-state index contributed by atoms with van der Waals surface area (Å²) in [5.41, 5.74) is 0. The quantitative estimate of drug-likeness (QED) is 0.713. The number of rotatable bonds is 5. The summed E-state index contributed by atoms with van der Waals surface area (Å²) < 4.78 is 25.9. The molecule has 2 N–H and O–H groups in total. The lowest BCUT2D eigenvalue weighted by Crippen LogP contribution is -2.49. The number of hydrogen-bond acceptors (Lipinski definition) is 4. The highest BCUT2D eigenvalue weighted by Gasteiger charge is 2.27. The van der Waals surface area contributed by atoms with Crippen LogP contribution in [0.5, 0.6) is 0 Å². The van der Waals surface area contributed by atoms with Gasteiger partial charge in [-0.3, -0.25) is 4.79 Å². The lowest BCUT2D eigenvalue weighted by molar-refractivity contribution is -0.136. The summed E-state index contributed by atoms with van der Waals surface area (Å²) in [4.78, 5) is 12.5. The van der Waals surface area contributed by atoms with Gasteiger partial charge in [0.05, 0.1) is 12.2 Å². The van der Waals surface area contributed by atoms with Gasteiger partial charge in [-0.25, -0.2) is 13.1 Å². The highest BCUT2D eigenvalue weighted by molar-refractivity contribution is 7.89. The zero-order valence-electron chi connectivity index (χ0n) is 10.2. The van der Waals surface area contributed by atoms with Crippen LogP contribution in [0.25, 0.3) is 0 Å². The Balaban J connectivity index is 2.49. The van der Waals surface area contributed by atoms with Crippen molar-refractivity contribution in [2.75, 3.05) is 25.9 Å². The molecule has 0 amide bonds. The molecule has 0 spiro atoms. The topological polar surface area (TPSA) is 86.7 Å². The van der Waals surface area contributed by atoms with Gasteiger partial charge >= 0.3 is 5.97 Å². The van der Waals surface area contributed by atoms with Gasteiger partial charge in [0.15, 0.2) is 0 Å². The van der Waals surface area contributed by atoms with E-state index in [1.807, 2.05) is 14.0 Å². The average Bonchev–Trinajstić information content (AvgIpc) is 2.20. The summed E-state index contributed by atoms with van der Waals surface area (Å²) in [6, 6.07) is -0.0787. The molecule has 1 heterocycles. The Labute approximate surface area is 102 Å². The second kappa shape index (κ2) is 5.79. The van der Waals surface area contributed by atoms with E-state index in [-0.39, 0.29) is 24.1 Å². The highest BCUT2D eigenvalue weighted by atomic mass is 32.2. The van der Waals surface area contributed by atoms with Crippen molar-refractivity contribution in [2.45, 2.75) is 25.8 Å². The number of nitrogens with zero attached hydrogens (tertiary/aromatic N) is 1. The second-order valence-electron chi connectivity index (χ2n) is 4.72. The predicted molar refractivity (Wildman–Crippen MR) is 64.2 cm³/mol. The van der Waals surface area contributed by atoms with Gasteiger partial charge in [-0.2, -0.15) is 0 Å². The number of carbonyl (C=O) groups is 1. The molecule has 0 aliphatic carbocycles. The van der Waals surface area contributed by atoms with E-state index in [0.29, 0.717) is 0 Å². The summed E-state index contributed by atoms with van der Waals surface area (Å²) in [5, 5.41) is 8.47. The molecule has 17 heavy (non-hydrogen) atoms. The van der Waals surface area contributed by atoms with Crippen molar-refractivity contribution in [1.82, 2.24) is 9.62 Å². The maximum Gasteiger partial charge on any atom is 0.304 e. The standard InChI is InChI=1S/C10H20N2O4S/c1-8-7-12(2)5-3-9(8)11-17(15,16)6-4-10(13)14/h8-9,11H,3-7H2,1-2H3,(H,13,14). The largest absolute Gasteiger partial charge is 0.481 e. The minimum absolute atomic E-state index is 0.0787. The molecular weight excluding hydrogens is 244 g/mol. The van der Waals surface area contributed by atoms with Crippen LogP contribution in [0.2, 0.25) is 0 Å². The van der Waals surface area contributed by atoms with Crippen LogP contribution in [0.4, 0.5) is 0 Å². The molecule has 0 bridgehead atoms. The third kappa shape index (κ3) is 5.01. The first kappa shape index (κ1) is 14.4. The maximum absolute atomic E-state index is 11.6. The molecule has 7 heteroatoms. The second-order valence-corrected chi connectivity index (χ2v) is 6.59. The first-order valence-corrected chi connectivity index (χ1v) is 7.36. The molecule has 100 valence electrons. The number of aliphatic carboxylic acids is 1. The van der Waals surface area contributed by atoms with Crippen molar-refractivity contribution in [3.05, 3.63) is 0 Å². The van der Waals surface area contributed by atoms with E-state index in [1.54, 1.807) is 0 Å². The van der Waals surface area contributed by atoms with Crippen LogP contribution in [0.3, 0.4) is 0 Å². The molecule has 1 saturated heterocycles. The molecule has 1 rings (SSSR count). The van der Waals surface area contributed by atoms with Gasteiger partial charge in [0.1, 0.15) is 0 Å². The van der Waals surface area contributed by atoms with Crippen molar-refractivity contribution in [3.8, 4) is 0 Å². The SMILES string of the molecule is CC1CN(C)CCC1NS(=O)(=O)CCC(=O)O. The van der Waals surface area contributed by atoms with Crippen LogP contribution >= 0.6 is 0 Å². The fraction of sp³-hybridized carbons (Fsp3) is 0.900. The Morgan fingerprint density at radius 3 is 2.71 bits per heavy atom. The van der Waals surface area contributed by atoms with Crippen LogP contribution in [-0.2, 0) is 14.8 Å². The van der Waals surface area contributed by atoms with E-state index in [0.717, 1.165) is 19.5 Å². The lowest BCUT2D eigenvalue weighted by atomic mass is 9.95. The molecular formula is C10H20N2O4S. The fourth-order valence-corrected chi connectivity index (χ4v) is 3.41. The zero-order valence-corrected chi connectivity index (χ0v) is 11.0. The molecule has 1 aliphatic rings. The van der Waals surface area contributed by atoms with Gasteiger partial charge < -0.3 is 10.0 Å². The van der Waals surface area contributed by atoms with Gasteiger partial charge in [-0.15, -0.1) is 0 Å². The number of hydrogen-bond donors (Lipinski definition) is 2. The number of piperidine rings is 1. The molecule has 6 nitrogen and oxygen atoms in total. The van der Waals surface area contributed by atoms with Gasteiger partial charge in [0.2, 0.25) is 10.0 Å². The first-order chi connectivity index (χ1) is 7.80. The van der Waals surface area contributed by atoms with Gasteiger partial charge in [-0.05, 0) is 25.9 Å². The molecule has 0 aromatic carbocycles. The van der Waals surface area contributed by atoms with Gasteiger partial charge in [-0.1, -0.05) is 6.92 Å². The summed E-state index contributed by atoms with van der Waals surface area (Å²) in [6.07, 6.45) is 0.417. The smallest absolute Gasteiger partial charge is 0.304 e. The first-order valence-electron chi connectivity index (χ1n) is 5.70. The van der Waals surface area contributed by atoms with E-state index in [9.17, 15) is 13.2 Å². The Morgan fingerprint density at radius 1 is 1.53 bits per heavy atom. The maximum atomic E-state index is 11.6. The summed E-state index contributed by atoms with van der Waals surface area (Å²) in [5.74, 6) is -1.19. The highest BCUT2D eigenvalue weighted by Crippen LogP contribution is 2.16. The van der Waals surface area contributed by atoms with E-state index >= 15 is 0 Å². The number of carboxylic acids is 1. The van der Waals surface area contributed by atoms with Crippen molar-refractivity contribution in [2.24, 2.45) is 5.92 Å². The van der Waals surface area contributed by atoms with Crippen LogP contribution < -0.4 is 4.72 Å². The number of nitrogens with one attached hydrogen (secondary N) is 1. The third-order valence-electron chi connectivity index (χ3n) is 3.02. The molecule has 2 atom stereocenters. The Hall–Kier alpha value is -0.660. The van der Waals surface area contributed by atoms with Crippen LogP contribution in [0.15, 0.2) is 0 Å². The summed E-state index contributed by atoms with van der Waals surface area (Å²) in [7, 11) is -1.47. The molecule has 2 unspecified atom stereocenters. The van der Waals surface area contributed by atoms with Crippen molar-refractivity contribution >= 4 is 16.0 Å². The molecule has 0 aromatic rings. The van der Waals surface area contributed by atoms with Crippen LogP contribution in [-0.4, -0.2) is 56.3 Å². The molecule has 1 fully saturated rings. The Morgan fingerprint density at radius 2 is 2.18 bits per heavy atom. The molecule has 1 aliphatic heterocycles. The zero-order chi connectivity index (χ0) is 13.1. The third-order valence-corrected chi connectivity index (χ3v) is 4.43. The fourth-order valence-electron chi connectivity index (χ4n) is 2.04. The number of sulfonamides is 1. The van der Waals surface area contributed by atoms with E-state index in [1.165, 1.54) is 0 Å². The lowest BCUT2D eigenvalue weighted by Gasteiger charge is -2.34. The monoisotopic (exact) mass is 264 g/mol. The van der Waals surface area contributed by atoms with E-state index in [4.69, 9.17) is 5.11 Å². The van der Waals surface area contributed by atoms with Crippen molar-refractivity contribution in [3.63, 3.8) is 0 Å². The van der Waals surface area contributed by atoms with Crippen LogP contribution in [0.1, 0.15) is 19.8 Å². The Bertz CT molecular complexity index is 369. The van der Waals surface area contributed by atoms with Gasteiger partial charge in [0.25, 0.3) is 0 Å². The van der Waals surface area contributed by atoms with E-state index < -0.39 is 16.0 Å². The van der Waals surface area contributed by atoms with Crippen molar-refractivity contribution in [1.29, 1.82) is 0 Å².